The predicted molar refractivity (Wildman–Crippen MR) is 91.9 cm³/mol. The third-order valence-electron chi connectivity index (χ3n) is 4.82. The van der Waals surface area contributed by atoms with Gasteiger partial charge in [0.05, 0.1) is 6.20 Å². The van der Waals surface area contributed by atoms with Crippen molar-refractivity contribution in [1.82, 2.24) is 19.5 Å². The summed E-state index contributed by atoms with van der Waals surface area (Å²) in [5.74, 6) is 3.80. The zero-order valence-electron chi connectivity index (χ0n) is 13.1. The first-order valence-electron chi connectivity index (χ1n) is 8.19. The van der Waals surface area contributed by atoms with Crippen molar-refractivity contribution in [1.29, 1.82) is 0 Å². The molecule has 0 amide bonds. The monoisotopic (exact) mass is 317 g/mol. The molecule has 5 nitrogen and oxygen atoms in total. The van der Waals surface area contributed by atoms with E-state index in [1.807, 2.05) is 16.8 Å². The maximum absolute atomic E-state index is 4.54. The maximum atomic E-state index is 4.54. The summed E-state index contributed by atoms with van der Waals surface area (Å²) in [6.07, 6.45) is 4.35. The summed E-state index contributed by atoms with van der Waals surface area (Å²) >= 11 is 2.09. The summed E-state index contributed by atoms with van der Waals surface area (Å²) in [5, 5.41) is 4.44. The minimum atomic E-state index is 0.771. The van der Waals surface area contributed by atoms with E-state index in [0.717, 1.165) is 30.5 Å². The van der Waals surface area contributed by atoms with E-state index in [0.29, 0.717) is 0 Å². The quantitative estimate of drug-likeness (QED) is 0.847. The van der Waals surface area contributed by atoms with Gasteiger partial charge in [-0.25, -0.2) is 4.98 Å². The van der Waals surface area contributed by atoms with E-state index in [9.17, 15) is 0 Å². The third kappa shape index (κ3) is 2.70. The van der Waals surface area contributed by atoms with Gasteiger partial charge in [-0.15, -0.1) is 0 Å². The predicted octanol–water partition coefficient (Wildman–Crippen LogP) is 2.06. The molecule has 118 valence electrons. The minimum Gasteiger partial charge on any atom is -0.356 e. The van der Waals surface area contributed by atoms with Gasteiger partial charge >= 0.3 is 0 Å². The molecule has 2 aromatic heterocycles. The molecular weight excluding hydrogens is 294 g/mol. The van der Waals surface area contributed by atoms with Crippen LogP contribution in [0.1, 0.15) is 18.5 Å². The van der Waals surface area contributed by atoms with Gasteiger partial charge in [0.2, 0.25) is 0 Å². The second kappa shape index (κ2) is 6.08. The summed E-state index contributed by atoms with van der Waals surface area (Å²) in [4.78, 5) is 9.72. The van der Waals surface area contributed by atoms with Gasteiger partial charge in [-0.05, 0) is 19.8 Å². The highest BCUT2D eigenvalue weighted by molar-refractivity contribution is 7.99. The van der Waals surface area contributed by atoms with Crippen LogP contribution in [0.15, 0.2) is 18.3 Å². The van der Waals surface area contributed by atoms with Crippen LogP contribution in [0.25, 0.3) is 5.65 Å². The molecule has 2 fully saturated rings. The molecular formula is C16H23N5S. The number of anilines is 1. The number of nitrogens with zero attached hydrogens (tertiary/aromatic N) is 5. The molecule has 0 bridgehead atoms. The van der Waals surface area contributed by atoms with E-state index in [1.54, 1.807) is 0 Å². The van der Waals surface area contributed by atoms with Crippen LogP contribution < -0.4 is 4.90 Å². The van der Waals surface area contributed by atoms with Gasteiger partial charge in [0.1, 0.15) is 5.82 Å². The molecule has 2 aliphatic rings. The normalized spacial score (nSPS) is 21.6. The summed E-state index contributed by atoms with van der Waals surface area (Å²) < 4.78 is 1.98. The lowest BCUT2D eigenvalue weighted by atomic mass is 10.0. The van der Waals surface area contributed by atoms with Crippen molar-refractivity contribution in [3.63, 3.8) is 0 Å². The molecule has 0 aliphatic carbocycles. The Morgan fingerprint density at radius 1 is 1.14 bits per heavy atom. The molecule has 0 spiro atoms. The van der Waals surface area contributed by atoms with Crippen LogP contribution >= 0.6 is 11.8 Å². The highest BCUT2D eigenvalue weighted by Crippen LogP contribution is 2.25. The van der Waals surface area contributed by atoms with E-state index in [-0.39, 0.29) is 0 Å². The van der Waals surface area contributed by atoms with Gasteiger partial charge < -0.3 is 4.90 Å². The second-order valence-electron chi connectivity index (χ2n) is 6.22. The Kier molecular flexibility index (Phi) is 3.96. The molecule has 6 heteroatoms. The zero-order valence-corrected chi connectivity index (χ0v) is 13.9. The SMILES string of the molecule is Cc1cc(N2CCC(N3CCSCC3)CC2)n2nccc2n1. The Balaban J connectivity index is 1.49. The van der Waals surface area contributed by atoms with Crippen molar-refractivity contribution in [3.05, 3.63) is 24.0 Å². The van der Waals surface area contributed by atoms with Gasteiger partial charge in [0.25, 0.3) is 0 Å². The molecule has 0 saturated carbocycles. The van der Waals surface area contributed by atoms with E-state index in [2.05, 4.69) is 44.6 Å². The number of aryl methyl sites for hydroxylation is 1. The molecule has 22 heavy (non-hydrogen) atoms. The summed E-state index contributed by atoms with van der Waals surface area (Å²) in [6, 6.07) is 4.92. The second-order valence-corrected chi connectivity index (χ2v) is 7.45. The molecule has 0 atom stereocenters. The number of thioether (sulfide) groups is 1. The highest BCUT2D eigenvalue weighted by atomic mass is 32.2. The Morgan fingerprint density at radius 2 is 1.91 bits per heavy atom. The lowest BCUT2D eigenvalue weighted by Crippen LogP contribution is -2.48. The Labute approximate surface area is 135 Å². The average molecular weight is 317 g/mol. The van der Waals surface area contributed by atoms with Crippen molar-refractivity contribution in [2.24, 2.45) is 0 Å². The molecule has 2 aliphatic heterocycles. The zero-order chi connectivity index (χ0) is 14.9. The molecule has 0 unspecified atom stereocenters. The molecule has 4 rings (SSSR count). The Bertz CT molecular complexity index is 641. The molecule has 2 saturated heterocycles. The number of rotatable bonds is 2. The average Bonchev–Trinajstić information content (AvgIpc) is 3.03. The molecule has 4 heterocycles. The minimum absolute atomic E-state index is 0.771. The van der Waals surface area contributed by atoms with Crippen molar-refractivity contribution in [2.75, 3.05) is 42.6 Å². The van der Waals surface area contributed by atoms with Gasteiger partial charge in [-0.3, -0.25) is 4.90 Å². The third-order valence-corrected chi connectivity index (χ3v) is 5.76. The van der Waals surface area contributed by atoms with Crippen molar-refractivity contribution in [2.45, 2.75) is 25.8 Å². The Hall–Kier alpha value is -1.27. The van der Waals surface area contributed by atoms with Crippen LogP contribution in [-0.4, -0.2) is 63.2 Å². The number of aromatic nitrogens is 3. The smallest absolute Gasteiger partial charge is 0.157 e. The number of hydrogen-bond donors (Lipinski definition) is 0. The van der Waals surface area contributed by atoms with Crippen molar-refractivity contribution in [3.8, 4) is 0 Å². The van der Waals surface area contributed by atoms with Crippen molar-refractivity contribution >= 4 is 23.2 Å². The topological polar surface area (TPSA) is 36.7 Å². The summed E-state index contributed by atoms with van der Waals surface area (Å²) in [6.45, 7) is 6.84. The lowest BCUT2D eigenvalue weighted by Gasteiger charge is -2.40. The number of fused-ring (bicyclic) bond motifs is 1. The largest absolute Gasteiger partial charge is 0.356 e. The van der Waals surface area contributed by atoms with Crippen molar-refractivity contribution < 1.29 is 0 Å². The first-order valence-corrected chi connectivity index (χ1v) is 9.35. The molecule has 0 N–H and O–H groups in total. The first kappa shape index (κ1) is 14.3. The van der Waals surface area contributed by atoms with E-state index >= 15 is 0 Å². The van der Waals surface area contributed by atoms with E-state index in [4.69, 9.17) is 0 Å². The Morgan fingerprint density at radius 3 is 2.68 bits per heavy atom. The van der Waals surface area contributed by atoms with Gasteiger partial charge in [-0.2, -0.15) is 21.4 Å². The molecule has 0 radical (unpaired) electrons. The van der Waals surface area contributed by atoms with Crippen LogP contribution in [0, 0.1) is 6.92 Å². The van der Waals surface area contributed by atoms with Gasteiger partial charge in [-0.1, -0.05) is 0 Å². The highest BCUT2D eigenvalue weighted by Gasteiger charge is 2.26. The first-order chi connectivity index (χ1) is 10.8. The molecule has 2 aromatic rings. The van der Waals surface area contributed by atoms with Gasteiger partial charge in [0.15, 0.2) is 5.65 Å². The van der Waals surface area contributed by atoms with Gasteiger partial charge in [0, 0.05) is 61.6 Å². The van der Waals surface area contributed by atoms with Crippen LogP contribution in [0.2, 0.25) is 0 Å². The van der Waals surface area contributed by atoms with Crippen LogP contribution in [0.4, 0.5) is 5.82 Å². The molecule has 0 aromatic carbocycles. The van der Waals surface area contributed by atoms with Crippen LogP contribution in [0.3, 0.4) is 0 Å². The fraction of sp³-hybridized carbons (Fsp3) is 0.625. The maximum Gasteiger partial charge on any atom is 0.157 e. The van der Waals surface area contributed by atoms with E-state index in [1.165, 1.54) is 43.3 Å². The fourth-order valence-electron chi connectivity index (χ4n) is 3.65. The standard InChI is InChI=1S/C16H23N5S/c1-13-12-16(21-15(18-13)2-5-17-21)20-6-3-14(4-7-20)19-8-10-22-11-9-19/h2,5,12,14H,3-4,6-11H2,1H3. The summed E-state index contributed by atoms with van der Waals surface area (Å²) in [5.41, 5.74) is 2.02. The number of piperidine rings is 1. The van der Waals surface area contributed by atoms with Crippen LogP contribution in [0.5, 0.6) is 0 Å². The van der Waals surface area contributed by atoms with E-state index < -0.39 is 0 Å². The lowest BCUT2D eigenvalue weighted by molar-refractivity contribution is 0.185. The summed E-state index contributed by atoms with van der Waals surface area (Å²) in [7, 11) is 0. The fourth-order valence-corrected chi connectivity index (χ4v) is 4.58. The number of hydrogen-bond acceptors (Lipinski definition) is 5. The van der Waals surface area contributed by atoms with Crippen LogP contribution in [-0.2, 0) is 0 Å².